The third-order valence-electron chi connectivity index (χ3n) is 4.92. The van der Waals surface area contributed by atoms with Gasteiger partial charge in [0.1, 0.15) is 0 Å². The Labute approximate surface area is 123 Å². The van der Waals surface area contributed by atoms with Crippen LogP contribution in [-0.4, -0.2) is 30.1 Å². The SMILES string of the molecule is Cc1cc(C)c(CN2CCCC2CNC2CC2)c(C)c1. The van der Waals surface area contributed by atoms with Crippen LogP contribution in [0.5, 0.6) is 0 Å². The molecular weight excluding hydrogens is 244 g/mol. The number of rotatable bonds is 5. The predicted octanol–water partition coefficient (Wildman–Crippen LogP) is 3.33. The van der Waals surface area contributed by atoms with Crippen LogP contribution in [0.4, 0.5) is 0 Å². The lowest BCUT2D eigenvalue weighted by Crippen LogP contribution is -2.38. The van der Waals surface area contributed by atoms with Gasteiger partial charge in [-0.05, 0) is 69.7 Å². The molecule has 1 saturated carbocycles. The molecule has 0 aromatic heterocycles. The average molecular weight is 272 g/mol. The Morgan fingerprint density at radius 2 is 1.80 bits per heavy atom. The fraction of sp³-hybridized carbons (Fsp3) is 0.667. The first-order chi connectivity index (χ1) is 9.63. The Morgan fingerprint density at radius 3 is 2.45 bits per heavy atom. The van der Waals surface area contributed by atoms with E-state index >= 15 is 0 Å². The Hall–Kier alpha value is -0.860. The Balaban J connectivity index is 1.66. The van der Waals surface area contributed by atoms with E-state index in [1.165, 1.54) is 55.5 Å². The number of nitrogens with zero attached hydrogens (tertiary/aromatic N) is 1. The van der Waals surface area contributed by atoms with Crippen molar-refractivity contribution < 1.29 is 0 Å². The zero-order valence-corrected chi connectivity index (χ0v) is 13.2. The number of hydrogen-bond acceptors (Lipinski definition) is 2. The summed E-state index contributed by atoms with van der Waals surface area (Å²) in [4.78, 5) is 2.69. The molecule has 1 heterocycles. The highest BCUT2D eigenvalue weighted by Gasteiger charge is 2.28. The first-order valence-corrected chi connectivity index (χ1v) is 8.17. The van der Waals surface area contributed by atoms with Crippen molar-refractivity contribution in [1.82, 2.24) is 10.2 Å². The molecule has 1 aliphatic carbocycles. The molecule has 1 aromatic rings. The van der Waals surface area contributed by atoms with Crippen LogP contribution in [0.1, 0.15) is 47.9 Å². The van der Waals surface area contributed by atoms with E-state index in [2.05, 4.69) is 43.1 Å². The predicted molar refractivity (Wildman–Crippen MR) is 85.1 cm³/mol. The molecule has 1 unspecified atom stereocenters. The van der Waals surface area contributed by atoms with Gasteiger partial charge >= 0.3 is 0 Å². The van der Waals surface area contributed by atoms with E-state index in [1.807, 2.05) is 0 Å². The van der Waals surface area contributed by atoms with Crippen LogP contribution in [-0.2, 0) is 6.54 Å². The van der Waals surface area contributed by atoms with Gasteiger partial charge < -0.3 is 5.32 Å². The molecule has 0 bridgehead atoms. The summed E-state index contributed by atoms with van der Waals surface area (Å²) >= 11 is 0. The van der Waals surface area contributed by atoms with Crippen LogP contribution in [0.25, 0.3) is 0 Å². The van der Waals surface area contributed by atoms with Crippen molar-refractivity contribution >= 4 is 0 Å². The zero-order valence-electron chi connectivity index (χ0n) is 13.2. The third kappa shape index (κ3) is 3.24. The number of nitrogens with one attached hydrogen (secondary N) is 1. The molecule has 1 aliphatic heterocycles. The largest absolute Gasteiger partial charge is 0.312 e. The second-order valence-corrected chi connectivity index (χ2v) is 6.83. The number of likely N-dealkylation sites (tertiary alicyclic amines) is 1. The van der Waals surface area contributed by atoms with E-state index in [0.717, 1.165) is 18.6 Å². The van der Waals surface area contributed by atoms with Gasteiger partial charge in [0.2, 0.25) is 0 Å². The smallest absolute Gasteiger partial charge is 0.0242 e. The summed E-state index contributed by atoms with van der Waals surface area (Å²) in [5, 5.41) is 3.71. The van der Waals surface area contributed by atoms with Gasteiger partial charge in [0.15, 0.2) is 0 Å². The van der Waals surface area contributed by atoms with Crippen LogP contribution in [0.3, 0.4) is 0 Å². The van der Waals surface area contributed by atoms with Crippen molar-refractivity contribution in [3.8, 4) is 0 Å². The lowest BCUT2D eigenvalue weighted by molar-refractivity contribution is 0.238. The molecule has 2 nitrogen and oxygen atoms in total. The van der Waals surface area contributed by atoms with Crippen molar-refractivity contribution in [3.05, 3.63) is 34.4 Å². The molecule has 2 fully saturated rings. The van der Waals surface area contributed by atoms with Crippen LogP contribution in [0.2, 0.25) is 0 Å². The highest BCUT2D eigenvalue weighted by atomic mass is 15.2. The molecular formula is C18H28N2. The van der Waals surface area contributed by atoms with Crippen molar-refractivity contribution in [2.24, 2.45) is 0 Å². The molecule has 1 saturated heterocycles. The lowest BCUT2D eigenvalue weighted by Gasteiger charge is -2.26. The summed E-state index contributed by atoms with van der Waals surface area (Å²) in [6, 6.07) is 6.24. The van der Waals surface area contributed by atoms with Gasteiger partial charge in [-0.3, -0.25) is 4.90 Å². The highest BCUT2D eigenvalue weighted by molar-refractivity contribution is 5.37. The van der Waals surface area contributed by atoms with E-state index in [-0.39, 0.29) is 0 Å². The molecule has 1 atom stereocenters. The van der Waals surface area contributed by atoms with Crippen molar-refractivity contribution in [2.45, 2.75) is 65.1 Å². The second-order valence-electron chi connectivity index (χ2n) is 6.83. The molecule has 0 spiro atoms. The summed E-state index contributed by atoms with van der Waals surface area (Å²) in [5.41, 5.74) is 5.86. The standard InChI is InChI=1S/C18H28N2/c1-13-9-14(2)18(15(3)10-13)12-20-8-4-5-17(20)11-19-16-6-7-16/h9-10,16-17,19H,4-8,11-12H2,1-3H3. The Morgan fingerprint density at radius 1 is 1.10 bits per heavy atom. The van der Waals surface area contributed by atoms with E-state index in [9.17, 15) is 0 Å². The van der Waals surface area contributed by atoms with Crippen LogP contribution in [0.15, 0.2) is 12.1 Å². The van der Waals surface area contributed by atoms with E-state index in [1.54, 1.807) is 5.56 Å². The van der Waals surface area contributed by atoms with Gasteiger partial charge in [0.25, 0.3) is 0 Å². The van der Waals surface area contributed by atoms with Crippen molar-refractivity contribution in [1.29, 1.82) is 0 Å². The maximum atomic E-state index is 3.71. The number of benzene rings is 1. The minimum Gasteiger partial charge on any atom is -0.312 e. The van der Waals surface area contributed by atoms with Gasteiger partial charge in [-0.25, -0.2) is 0 Å². The zero-order chi connectivity index (χ0) is 14.1. The van der Waals surface area contributed by atoms with Crippen molar-refractivity contribution in [2.75, 3.05) is 13.1 Å². The molecule has 0 amide bonds. The summed E-state index contributed by atoms with van der Waals surface area (Å²) in [6.07, 6.45) is 5.51. The topological polar surface area (TPSA) is 15.3 Å². The first kappa shape index (κ1) is 14.1. The summed E-state index contributed by atoms with van der Waals surface area (Å²) in [5.74, 6) is 0. The van der Waals surface area contributed by atoms with Gasteiger partial charge in [-0.15, -0.1) is 0 Å². The monoisotopic (exact) mass is 272 g/mol. The number of aryl methyl sites for hydroxylation is 3. The molecule has 3 rings (SSSR count). The van der Waals surface area contributed by atoms with Crippen LogP contribution in [0, 0.1) is 20.8 Å². The van der Waals surface area contributed by atoms with Gasteiger partial charge in [-0.1, -0.05) is 17.7 Å². The highest BCUT2D eigenvalue weighted by Crippen LogP contribution is 2.25. The Kier molecular flexibility index (Phi) is 4.13. The maximum absolute atomic E-state index is 3.71. The van der Waals surface area contributed by atoms with Crippen molar-refractivity contribution in [3.63, 3.8) is 0 Å². The summed E-state index contributed by atoms with van der Waals surface area (Å²) < 4.78 is 0. The second kappa shape index (κ2) is 5.87. The van der Waals surface area contributed by atoms with E-state index in [0.29, 0.717) is 0 Å². The van der Waals surface area contributed by atoms with Crippen LogP contribution < -0.4 is 5.32 Å². The molecule has 2 heteroatoms. The summed E-state index contributed by atoms with van der Waals surface area (Å²) in [6.45, 7) is 10.3. The van der Waals surface area contributed by atoms with Gasteiger partial charge in [0, 0.05) is 25.2 Å². The van der Waals surface area contributed by atoms with E-state index < -0.39 is 0 Å². The average Bonchev–Trinajstić information content (AvgIpc) is 3.11. The Bertz CT molecular complexity index is 453. The minimum absolute atomic E-state index is 0.746. The quantitative estimate of drug-likeness (QED) is 0.884. The fourth-order valence-electron chi connectivity index (χ4n) is 3.59. The molecule has 2 aliphatic rings. The van der Waals surface area contributed by atoms with Gasteiger partial charge in [0.05, 0.1) is 0 Å². The number of hydrogen-bond donors (Lipinski definition) is 1. The normalized spacial score (nSPS) is 23.4. The maximum Gasteiger partial charge on any atom is 0.0242 e. The summed E-state index contributed by atoms with van der Waals surface area (Å²) in [7, 11) is 0. The van der Waals surface area contributed by atoms with Crippen LogP contribution >= 0.6 is 0 Å². The minimum atomic E-state index is 0.746. The molecule has 1 aromatic carbocycles. The lowest BCUT2D eigenvalue weighted by atomic mass is 9.99. The third-order valence-corrected chi connectivity index (χ3v) is 4.92. The molecule has 110 valence electrons. The fourth-order valence-corrected chi connectivity index (χ4v) is 3.59. The molecule has 20 heavy (non-hydrogen) atoms. The van der Waals surface area contributed by atoms with Gasteiger partial charge in [-0.2, -0.15) is 0 Å². The first-order valence-electron chi connectivity index (χ1n) is 8.17. The molecule has 0 radical (unpaired) electrons. The molecule has 1 N–H and O–H groups in total. The van der Waals surface area contributed by atoms with E-state index in [4.69, 9.17) is 0 Å².